The van der Waals surface area contributed by atoms with Gasteiger partial charge in [-0.05, 0) is 31.0 Å². The number of carbonyl (C=O) groups excluding carboxylic acids is 2. The Bertz CT molecular complexity index is 841. The number of benzene rings is 1. The number of imide groups is 1. The minimum atomic E-state index is -0.705. The monoisotopic (exact) mass is 300 g/mol. The molecule has 2 heterocycles. The Labute approximate surface area is 126 Å². The molecule has 1 atom stereocenters. The number of aromatic nitrogens is 2. The van der Waals surface area contributed by atoms with Crippen LogP contribution in [-0.2, 0) is 16.1 Å². The molecule has 1 fully saturated rings. The van der Waals surface area contributed by atoms with E-state index >= 15 is 0 Å². The molecule has 114 valence electrons. The minimum Gasteiger partial charge on any atom is -0.326 e. The van der Waals surface area contributed by atoms with E-state index in [1.165, 1.54) is 4.57 Å². The molecule has 3 rings (SSSR count). The fourth-order valence-corrected chi connectivity index (χ4v) is 2.78. The van der Waals surface area contributed by atoms with Crippen molar-refractivity contribution in [2.45, 2.75) is 32.4 Å². The maximum Gasteiger partial charge on any atom is 0.262 e. The Kier molecular flexibility index (Phi) is 3.50. The summed E-state index contributed by atoms with van der Waals surface area (Å²) in [7, 11) is 0. The molecular formula is C15H16N4O3. The molecule has 7 nitrogen and oxygen atoms in total. The van der Waals surface area contributed by atoms with Gasteiger partial charge in [-0.2, -0.15) is 0 Å². The van der Waals surface area contributed by atoms with Crippen molar-refractivity contribution in [3.63, 3.8) is 0 Å². The normalized spacial score (nSPS) is 18.5. The maximum absolute atomic E-state index is 12.8. The van der Waals surface area contributed by atoms with Crippen molar-refractivity contribution >= 4 is 22.7 Å². The average Bonchev–Trinajstić information content (AvgIpc) is 2.49. The number of fused-ring (bicyclic) bond motifs is 1. The van der Waals surface area contributed by atoms with Crippen LogP contribution in [0.15, 0.2) is 23.0 Å². The number of aryl methyl sites for hydroxylation is 1. The molecule has 1 saturated heterocycles. The quantitative estimate of drug-likeness (QED) is 0.767. The first-order valence-corrected chi connectivity index (χ1v) is 7.07. The van der Waals surface area contributed by atoms with Crippen LogP contribution >= 0.6 is 0 Å². The lowest BCUT2D eigenvalue weighted by Crippen LogP contribution is -2.45. The predicted molar refractivity (Wildman–Crippen MR) is 80.1 cm³/mol. The third-order valence-corrected chi connectivity index (χ3v) is 3.90. The van der Waals surface area contributed by atoms with Crippen molar-refractivity contribution in [2.24, 2.45) is 5.73 Å². The van der Waals surface area contributed by atoms with Gasteiger partial charge in [-0.15, -0.1) is 0 Å². The van der Waals surface area contributed by atoms with Gasteiger partial charge in [0, 0.05) is 13.0 Å². The molecule has 1 aliphatic heterocycles. The minimum absolute atomic E-state index is 0.211. The lowest BCUT2D eigenvalue weighted by atomic mass is 10.0. The number of hydrogen-bond donors (Lipinski definition) is 2. The summed E-state index contributed by atoms with van der Waals surface area (Å²) in [4.78, 5) is 40.5. The van der Waals surface area contributed by atoms with E-state index in [-0.39, 0.29) is 17.9 Å². The summed E-state index contributed by atoms with van der Waals surface area (Å²) in [6.07, 6.45) is 0.512. The van der Waals surface area contributed by atoms with E-state index in [1.807, 2.05) is 6.07 Å². The summed E-state index contributed by atoms with van der Waals surface area (Å²) < 4.78 is 1.37. The molecule has 0 bridgehead atoms. The largest absolute Gasteiger partial charge is 0.326 e. The first-order chi connectivity index (χ1) is 10.5. The molecule has 0 aliphatic carbocycles. The molecule has 7 heteroatoms. The van der Waals surface area contributed by atoms with E-state index in [0.29, 0.717) is 29.7 Å². The molecule has 3 N–H and O–H groups in total. The van der Waals surface area contributed by atoms with E-state index in [4.69, 9.17) is 5.73 Å². The third kappa shape index (κ3) is 2.29. The van der Waals surface area contributed by atoms with Crippen LogP contribution in [0.4, 0.5) is 0 Å². The highest BCUT2D eigenvalue weighted by molar-refractivity contribution is 5.99. The third-order valence-electron chi connectivity index (χ3n) is 3.90. The van der Waals surface area contributed by atoms with E-state index < -0.39 is 11.9 Å². The average molecular weight is 300 g/mol. The number of nitrogens with zero attached hydrogens (tertiary/aromatic N) is 2. The van der Waals surface area contributed by atoms with E-state index in [2.05, 4.69) is 10.3 Å². The lowest BCUT2D eigenvalue weighted by molar-refractivity contribution is -0.135. The van der Waals surface area contributed by atoms with Crippen molar-refractivity contribution in [1.82, 2.24) is 14.9 Å². The highest BCUT2D eigenvalue weighted by Crippen LogP contribution is 2.20. The Morgan fingerprint density at radius 1 is 1.36 bits per heavy atom. The van der Waals surface area contributed by atoms with Gasteiger partial charge in [0.2, 0.25) is 11.8 Å². The summed E-state index contributed by atoms with van der Waals surface area (Å²) in [5.41, 5.74) is 6.72. The van der Waals surface area contributed by atoms with E-state index in [0.717, 1.165) is 5.56 Å². The summed E-state index contributed by atoms with van der Waals surface area (Å²) in [6.45, 7) is 2.00. The summed E-state index contributed by atoms with van der Waals surface area (Å²) in [5.74, 6) is -0.323. The standard InChI is InChI=1S/C15H16N4O3/c1-8-17-11-3-2-9(7-16)6-10(11)15(22)19(8)12-4-5-13(20)18-14(12)21/h2-3,6,12H,4-5,7,16H2,1H3,(H,18,20,21)/t12-/m0/s1. The molecule has 0 radical (unpaired) electrons. The zero-order valence-corrected chi connectivity index (χ0v) is 12.1. The van der Waals surface area contributed by atoms with Crippen LogP contribution in [0.5, 0.6) is 0 Å². The second kappa shape index (κ2) is 5.34. The van der Waals surface area contributed by atoms with Gasteiger partial charge in [0.25, 0.3) is 5.56 Å². The van der Waals surface area contributed by atoms with Gasteiger partial charge in [-0.1, -0.05) is 6.07 Å². The second-order valence-electron chi connectivity index (χ2n) is 5.36. The fourth-order valence-electron chi connectivity index (χ4n) is 2.78. The molecule has 1 aliphatic rings. The fraction of sp³-hybridized carbons (Fsp3) is 0.333. The molecule has 1 aromatic heterocycles. The molecule has 1 aromatic carbocycles. The number of nitrogens with one attached hydrogen (secondary N) is 1. The van der Waals surface area contributed by atoms with Gasteiger partial charge in [0.1, 0.15) is 11.9 Å². The highest BCUT2D eigenvalue weighted by atomic mass is 16.2. The SMILES string of the molecule is Cc1nc2ccc(CN)cc2c(=O)n1[C@H]1CCC(=O)NC1=O. The van der Waals surface area contributed by atoms with Gasteiger partial charge in [0.15, 0.2) is 0 Å². The van der Waals surface area contributed by atoms with Crippen LogP contribution in [0, 0.1) is 6.92 Å². The maximum atomic E-state index is 12.8. The second-order valence-corrected chi connectivity index (χ2v) is 5.36. The van der Waals surface area contributed by atoms with Crippen LogP contribution in [0.1, 0.15) is 30.3 Å². The first kappa shape index (κ1) is 14.4. The van der Waals surface area contributed by atoms with Crippen molar-refractivity contribution in [2.75, 3.05) is 0 Å². The zero-order valence-electron chi connectivity index (χ0n) is 12.1. The predicted octanol–water partition coefficient (Wildman–Crippen LogP) is 0.141. The number of hydrogen-bond acceptors (Lipinski definition) is 5. The smallest absolute Gasteiger partial charge is 0.262 e. The molecule has 0 unspecified atom stereocenters. The molecule has 2 aromatic rings. The van der Waals surface area contributed by atoms with E-state index in [1.54, 1.807) is 19.1 Å². The number of carbonyl (C=O) groups is 2. The van der Waals surface area contributed by atoms with Gasteiger partial charge < -0.3 is 5.73 Å². The van der Waals surface area contributed by atoms with Crippen LogP contribution in [0.2, 0.25) is 0 Å². The lowest BCUT2D eigenvalue weighted by Gasteiger charge is -2.24. The van der Waals surface area contributed by atoms with Gasteiger partial charge in [0.05, 0.1) is 10.9 Å². The summed E-state index contributed by atoms with van der Waals surface area (Å²) in [5, 5.41) is 2.70. The number of piperidine rings is 1. The molecule has 2 amide bonds. The molecular weight excluding hydrogens is 284 g/mol. The van der Waals surface area contributed by atoms with Gasteiger partial charge in [-0.25, -0.2) is 4.98 Å². The zero-order chi connectivity index (χ0) is 15.9. The van der Waals surface area contributed by atoms with Crippen molar-refractivity contribution < 1.29 is 9.59 Å². The van der Waals surface area contributed by atoms with Crippen LogP contribution in [0.3, 0.4) is 0 Å². The summed E-state index contributed by atoms with van der Waals surface area (Å²) in [6, 6.07) is 4.57. The summed E-state index contributed by atoms with van der Waals surface area (Å²) >= 11 is 0. The van der Waals surface area contributed by atoms with Gasteiger partial charge in [-0.3, -0.25) is 24.3 Å². The molecule has 0 saturated carbocycles. The number of amides is 2. The van der Waals surface area contributed by atoms with Crippen LogP contribution < -0.4 is 16.6 Å². The van der Waals surface area contributed by atoms with Crippen LogP contribution in [0.25, 0.3) is 10.9 Å². The van der Waals surface area contributed by atoms with Crippen molar-refractivity contribution in [3.05, 3.63) is 39.9 Å². The molecule has 0 spiro atoms. The Morgan fingerprint density at radius 3 is 2.82 bits per heavy atom. The number of rotatable bonds is 2. The van der Waals surface area contributed by atoms with Gasteiger partial charge >= 0.3 is 0 Å². The number of nitrogens with two attached hydrogens (primary N) is 1. The Balaban J connectivity index is 2.19. The highest BCUT2D eigenvalue weighted by Gasteiger charge is 2.30. The van der Waals surface area contributed by atoms with Crippen LogP contribution in [-0.4, -0.2) is 21.4 Å². The Morgan fingerprint density at radius 2 is 2.14 bits per heavy atom. The van der Waals surface area contributed by atoms with E-state index in [9.17, 15) is 14.4 Å². The topological polar surface area (TPSA) is 107 Å². The Hall–Kier alpha value is -2.54. The van der Waals surface area contributed by atoms with Crippen molar-refractivity contribution in [3.8, 4) is 0 Å². The first-order valence-electron chi connectivity index (χ1n) is 7.07. The van der Waals surface area contributed by atoms with Crippen molar-refractivity contribution in [1.29, 1.82) is 0 Å². The molecule has 22 heavy (non-hydrogen) atoms.